The molecule has 33 heavy (non-hydrogen) atoms. The summed E-state index contributed by atoms with van der Waals surface area (Å²) in [5.74, 6) is -0.137. The van der Waals surface area contributed by atoms with E-state index in [9.17, 15) is 14.4 Å². The summed E-state index contributed by atoms with van der Waals surface area (Å²) in [6.45, 7) is 2.35. The number of carbonyl (C=O) groups is 3. The fourth-order valence-corrected chi connectivity index (χ4v) is 4.69. The van der Waals surface area contributed by atoms with Crippen LogP contribution in [0.4, 0.5) is 0 Å². The Bertz CT molecular complexity index is 1310. The lowest BCUT2D eigenvalue weighted by molar-refractivity contribution is -0.136. The summed E-state index contributed by atoms with van der Waals surface area (Å²) in [5.41, 5.74) is 6.06. The van der Waals surface area contributed by atoms with Crippen LogP contribution in [0.15, 0.2) is 42.7 Å². The molecule has 3 aromatic rings. The van der Waals surface area contributed by atoms with Gasteiger partial charge in [-0.25, -0.2) is 4.98 Å². The minimum Gasteiger partial charge on any atom is -0.496 e. The van der Waals surface area contributed by atoms with Crippen molar-refractivity contribution in [1.29, 1.82) is 0 Å². The second-order valence-corrected chi connectivity index (χ2v) is 8.53. The average molecular weight is 444 g/mol. The third-order valence-corrected chi connectivity index (χ3v) is 6.34. The number of fused-ring (bicyclic) bond motifs is 1. The third kappa shape index (κ3) is 3.47. The maximum Gasteiger partial charge on any atom is 0.255 e. The second kappa shape index (κ2) is 7.88. The number of hydrogen-bond acceptors (Lipinski definition) is 5. The lowest BCUT2D eigenvalue weighted by Gasteiger charge is -2.29. The molecular formula is C25H24N4O4. The monoisotopic (exact) mass is 444 g/mol. The molecule has 0 radical (unpaired) electrons. The van der Waals surface area contributed by atoms with E-state index >= 15 is 0 Å². The molecule has 1 atom stereocenters. The fourth-order valence-electron chi connectivity index (χ4n) is 4.69. The second-order valence-electron chi connectivity index (χ2n) is 8.53. The Kier molecular flexibility index (Phi) is 5.00. The van der Waals surface area contributed by atoms with E-state index in [-0.39, 0.29) is 18.2 Å². The number of nitrogens with one attached hydrogen (secondary N) is 1. The summed E-state index contributed by atoms with van der Waals surface area (Å²) < 4.78 is 7.56. The molecular weight excluding hydrogens is 420 g/mol. The normalized spacial score (nSPS) is 17.8. The van der Waals surface area contributed by atoms with Gasteiger partial charge in [-0.2, -0.15) is 0 Å². The number of rotatable bonds is 4. The Balaban J connectivity index is 1.52. The molecule has 1 saturated heterocycles. The van der Waals surface area contributed by atoms with Gasteiger partial charge < -0.3 is 14.2 Å². The number of aryl methyl sites for hydroxylation is 2. The quantitative estimate of drug-likeness (QED) is 0.625. The van der Waals surface area contributed by atoms with E-state index in [0.29, 0.717) is 18.5 Å². The van der Waals surface area contributed by atoms with Crippen LogP contribution in [0.25, 0.3) is 22.5 Å². The van der Waals surface area contributed by atoms with Crippen molar-refractivity contribution in [2.45, 2.75) is 32.4 Å². The molecule has 8 nitrogen and oxygen atoms in total. The molecule has 3 amide bonds. The third-order valence-electron chi connectivity index (χ3n) is 6.34. The van der Waals surface area contributed by atoms with E-state index in [1.807, 2.05) is 42.8 Å². The summed E-state index contributed by atoms with van der Waals surface area (Å²) in [6, 6.07) is 11.0. The van der Waals surface area contributed by atoms with Crippen molar-refractivity contribution < 1.29 is 19.1 Å². The predicted molar refractivity (Wildman–Crippen MR) is 121 cm³/mol. The number of ether oxygens (including phenoxy) is 1. The molecule has 0 saturated carbocycles. The molecule has 2 aliphatic rings. The van der Waals surface area contributed by atoms with E-state index < -0.39 is 11.9 Å². The van der Waals surface area contributed by atoms with Gasteiger partial charge in [-0.15, -0.1) is 0 Å². The van der Waals surface area contributed by atoms with Crippen LogP contribution in [0, 0.1) is 6.92 Å². The van der Waals surface area contributed by atoms with Gasteiger partial charge in [0.05, 0.1) is 24.8 Å². The molecule has 0 bridgehead atoms. The highest BCUT2D eigenvalue weighted by Gasteiger charge is 2.39. The Labute approximate surface area is 191 Å². The van der Waals surface area contributed by atoms with E-state index in [1.54, 1.807) is 24.4 Å². The van der Waals surface area contributed by atoms with E-state index in [2.05, 4.69) is 16.4 Å². The van der Waals surface area contributed by atoms with Crippen molar-refractivity contribution >= 4 is 17.7 Å². The van der Waals surface area contributed by atoms with Gasteiger partial charge in [-0.05, 0) is 43.2 Å². The number of imidazole rings is 1. The number of amides is 3. The molecule has 5 rings (SSSR count). The topological polar surface area (TPSA) is 93.5 Å². The van der Waals surface area contributed by atoms with Crippen LogP contribution < -0.4 is 10.1 Å². The lowest BCUT2D eigenvalue weighted by atomic mass is 9.99. The van der Waals surface area contributed by atoms with Gasteiger partial charge in [0.1, 0.15) is 11.8 Å². The van der Waals surface area contributed by atoms with Crippen LogP contribution in [-0.2, 0) is 23.2 Å². The standard InChI is InChI=1S/C25H24N4O4/c1-14-4-8-20(33-3)18(10-14)23-22(26-13-28(23)2)15-5-6-17-16(11-15)12-29(25(17)32)19-7-9-21(30)27-24(19)31/h4-6,8,10-11,13,19H,7,9,12H2,1-3H3,(H,27,30,31). The number of methoxy groups -OCH3 is 1. The predicted octanol–water partition coefficient (Wildman–Crippen LogP) is 2.83. The van der Waals surface area contributed by atoms with E-state index in [1.165, 1.54) is 0 Å². The largest absolute Gasteiger partial charge is 0.496 e. The summed E-state index contributed by atoms with van der Waals surface area (Å²) in [5, 5.41) is 2.34. The molecule has 168 valence electrons. The Morgan fingerprint density at radius 3 is 2.67 bits per heavy atom. The van der Waals surface area contributed by atoms with Crippen LogP contribution in [0.5, 0.6) is 5.75 Å². The number of benzene rings is 2. The fraction of sp³-hybridized carbons (Fsp3) is 0.280. The van der Waals surface area contributed by atoms with Crippen molar-refractivity contribution in [2.24, 2.45) is 7.05 Å². The number of aromatic nitrogens is 2. The van der Waals surface area contributed by atoms with Crippen molar-refractivity contribution in [3.8, 4) is 28.3 Å². The first-order valence-electron chi connectivity index (χ1n) is 10.8. The highest BCUT2D eigenvalue weighted by Crippen LogP contribution is 2.38. The van der Waals surface area contributed by atoms with E-state index in [4.69, 9.17) is 4.74 Å². The first-order chi connectivity index (χ1) is 15.9. The maximum absolute atomic E-state index is 13.0. The number of nitrogens with zero attached hydrogens (tertiary/aromatic N) is 3. The van der Waals surface area contributed by atoms with Crippen LogP contribution in [0.3, 0.4) is 0 Å². The Morgan fingerprint density at radius 1 is 1.09 bits per heavy atom. The van der Waals surface area contributed by atoms with Crippen LogP contribution in [0.2, 0.25) is 0 Å². The molecule has 0 aliphatic carbocycles. The van der Waals surface area contributed by atoms with Crippen molar-refractivity contribution in [1.82, 2.24) is 19.8 Å². The zero-order valence-corrected chi connectivity index (χ0v) is 18.7. The molecule has 2 aromatic carbocycles. The van der Waals surface area contributed by atoms with Gasteiger partial charge in [0, 0.05) is 36.7 Å². The highest BCUT2D eigenvalue weighted by atomic mass is 16.5. The zero-order chi connectivity index (χ0) is 23.3. The summed E-state index contributed by atoms with van der Waals surface area (Å²) in [4.78, 5) is 43.0. The maximum atomic E-state index is 13.0. The summed E-state index contributed by atoms with van der Waals surface area (Å²) >= 11 is 0. The molecule has 1 fully saturated rings. The van der Waals surface area contributed by atoms with Crippen LogP contribution >= 0.6 is 0 Å². The molecule has 1 unspecified atom stereocenters. The van der Waals surface area contributed by atoms with Crippen molar-refractivity contribution in [3.63, 3.8) is 0 Å². The minimum atomic E-state index is -0.631. The van der Waals surface area contributed by atoms with Gasteiger partial charge in [-0.1, -0.05) is 17.7 Å². The van der Waals surface area contributed by atoms with Crippen LogP contribution in [0.1, 0.15) is 34.3 Å². The van der Waals surface area contributed by atoms with Crippen molar-refractivity contribution in [2.75, 3.05) is 7.11 Å². The number of hydrogen-bond donors (Lipinski definition) is 1. The molecule has 8 heteroatoms. The molecule has 2 aliphatic heterocycles. The van der Waals surface area contributed by atoms with Gasteiger partial charge in [-0.3, -0.25) is 19.7 Å². The zero-order valence-electron chi connectivity index (χ0n) is 18.7. The number of imide groups is 1. The molecule has 0 spiro atoms. The van der Waals surface area contributed by atoms with E-state index in [0.717, 1.165) is 39.4 Å². The SMILES string of the molecule is COc1ccc(C)cc1-c1c(-c2ccc3c(c2)CN(C2CCC(=O)NC2=O)C3=O)ncn1C. The lowest BCUT2D eigenvalue weighted by Crippen LogP contribution is -2.52. The molecule has 1 aromatic heterocycles. The minimum absolute atomic E-state index is 0.187. The summed E-state index contributed by atoms with van der Waals surface area (Å²) in [7, 11) is 3.59. The molecule has 1 N–H and O–H groups in total. The molecule has 3 heterocycles. The van der Waals surface area contributed by atoms with Crippen molar-refractivity contribution in [3.05, 3.63) is 59.4 Å². The Hall–Kier alpha value is -3.94. The smallest absolute Gasteiger partial charge is 0.255 e. The first kappa shape index (κ1) is 20.9. The Morgan fingerprint density at radius 2 is 1.91 bits per heavy atom. The number of piperidine rings is 1. The van der Waals surface area contributed by atoms with Gasteiger partial charge >= 0.3 is 0 Å². The highest BCUT2D eigenvalue weighted by molar-refractivity contribution is 6.05. The first-order valence-corrected chi connectivity index (χ1v) is 10.8. The van der Waals surface area contributed by atoms with Gasteiger partial charge in [0.25, 0.3) is 5.91 Å². The van der Waals surface area contributed by atoms with Gasteiger partial charge in [0.15, 0.2) is 0 Å². The average Bonchev–Trinajstić information content (AvgIpc) is 3.33. The number of carbonyl (C=O) groups excluding carboxylic acids is 3. The van der Waals surface area contributed by atoms with Gasteiger partial charge in [0.2, 0.25) is 11.8 Å². The van der Waals surface area contributed by atoms with Crippen LogP contribution in [-0.4, -0.2) is 45.3 Å². The summed E-state index contributed by atoms with van der Waals surface area (Å²) in [6.07, 6.45) is 2.34.